The Morgan fingerprint density at radius 2 is 1.80 bits per heavy atom. The van der Waals surface area contributed by atoms with Crippen LogP contribution in [0, 0.1) is 34.5 Å². The Morgan fingerprint density at radius 3 is 2.49 bits per heavy atom. The predicted molar refractivity (Wildman–Crippen MR) is 139 cm³/mol. The lowest BCUT2D eigenvalue weighted by molar-refractivity contribution is -0.149. The van der Waals surface area contributed by atoms with E-state index in [1.54, 1.807) is 6.92 Å². The van der Waals surface area contributed by atoms with Crippen LogP contribution in [0.5, 0.6) is 0 Å². The molecule has 3 fully saturated rings. The SMILES string of the molecule is CC(=O)O[C@H]1CC[C@@]2(C)C(=CC[C@H]3[C@@H]4C[C@@H](S(=O)Cc5ccccc5)[C@H](C(C)=O)[C@@]4(C)CC[C@@H]32)C1. The molecule has 4 nitrogen and oxygen atoms in total. The molecule has 0 aliphatic heterocycles. The number of hydrogen-bond acceptors (Lipinski definition) is 4. The zero-order valence-electron chi connectivity index (χ0n) is 21.6. The van der Waals surface area contributed by atoms with Gasteiger partial charge >= 0.3 is 5.97 Å². The molecule has 3 saturated carbocycles. The van der Waals surface area contributed by atoms with Crippen LogP contribution >= 0.6 is 0 Å². The summed E-state index contributed by atoms with van der Waals surface area (Å²) in [6, 6.07) is 10.1. The fraction of sp³-hybridized carbons (Fsp3) is 0.667. The maximum absolute atomic E-state index is 13.7. The number of allylic oxidation sites excluding steroid dienone is 1. The van der Waals surface area contributed by atoms with E-state index in [0.29, 0.717) is 23.5 Å². The van der Waals surface area contributed by atoms with Crippen molar-refractivity contribution in [3.05, 3.63) is 47.5 Å². The van der Waals surface area contributed by atoms with Gasteiger partial charge in [0, 0.05) is 41.1 Å². The Morgan fingerprint density at radius 1 is 1.06 bits per heavy atom. The highest BCUT2D eigenvalue weighted by atomic mass is 32.2. The molecule has 1 aromatic rings. The van der Waals surface area contributed by atoms with Crippen LogP contribution < -0.4 is 0 Å². The molecule has 35 heavy (non-hydrogen) atoms. The highest BCUT2D eigenvalue weighted by Gasteiger charge is 2.63. The largest absolute Gasteiger partial charge is 0.462 e. The third-order valence-corrected chi connectivity index (χ3v) is 12.1. The Hall–Kier alpha value is -1.75. The molecule has 0 bridgehead atoms. The molecular formula is C30H40O4S. The molecule has 0 aromatic heterocycles. The van der Waals surface area contributed by atoms with Gasteiger partial charge in [-0.15, -0.1) is 0 Å². The molecule has 4 aliphatic rings. The minimum atomic E-state index is -1.07. The van der Waals surface area contributed by atoms with Crippen molar-refractivity contribution in [1.29, 1.82) is 0 Å². The lowest BCUT2D eigenvalue weighted by Gasteiger charge is -2.58. The summed E-state index contributed by atoms with van der Waals surface area (Å²) in [4.78, 5) is 24.6. The van der Waals surface area contributed by atoms with E-state index in [0.717, 1.165) is 50.5 Å². The van der Waals surface area contributed by atoms with Crippen LogP contribution in [-0.2, 0) is 30.9 Å². The Bertz CT molecular complexity index is 1050. The lowest BCUT2D eigenvalue weighted by atomic mass is 9.47. The molecule has 0 radical (unpaired) electrons. The topological polar surface area (TPSA) is 60.4 Å². The summed E-state index contributed by atoms with van der Waals surface area (Å²) in [5.41, 5.74) is 2.65. The number of carbonyl (C=O) groups excluding carboxylic acids is 2. The molecule has 1 aromatic carbocycles. The van der Waals surface area contributed by atoms with Gasteiger partial charge in [0.1, 0.15) is 11.9 Å². The first-order chi connectivity index (χ1) is 16.6. The number of ether oxygens (including phenoxy) is 1. The first-order valence-electron chi connectivity index (χ1n) is 13.4. The van der Waals surface area contributed by atoms with Crippen molar-refractivity contribution in [2.75, 3.05) is 0 Å². The van der Waals surface area contributed by atoms with Crippen molar-refractivity contribution in [3.8, 4) is 0 Å². The number of carbonyl (C=O) groups is 2. The molecule has 0 N–H and O–H groups in total. The van der Waals surface area contributed by atoms with Crippen molar-refractivity contribution in [2.45, 2.75) is 89.7 Å². The zero-order chi connectivity index (χ0) is 25.0. The van der Waals surface area contributed by atoms with Crippen molar-refractivity contribution in [2.24, 2.45) is 34.5 Å². The second kappa shape index (κ2) is 9.28. The molecule has 9 atom stereocenters. The Labute approximate surface area is 212 Å². The molecule has 0 spiro atoms. The molecule has 0 saturated heterocycles. The summed E-state index contributed by atoms with van der Waals surface area (Å²) < 4.78 is 19.3. The molecule has 5 rings (SSSR count). The van der Waals surface area contributed by atoms with Gasteiger partial charge in [-0.1, -0.05) is 55.8 Å². The summed E-state index contributed by atoms with van der Waals surface area (Å²) in [7, 11) is -1.07. The van der Waals surface area contributed by atoms with E-state index in [9.17, 15) is 13.8 Å². The van der Waals surface area contributed by atoms with Crippen LogP contribution in [0.15, 0.2) is 42.0 Å². The van der Waals surface area contributed by atoms with Gasteiger partial charge < -0.3 is 4.74 Å². The molecule has 0 heterocycles. The second-order valence-electron chi connectivity index (χ2n) is 12.2. The highest BCUT2D eigenvalue weighted by Crippen LogP contribution is 2.67. The van der Waals surface area contributed by atoms with Gasteiger partial charge in [0.25, 0.3) is 0 Å². The minimum absolute atomic E-state index is 0.00981. The molecule has 0 amide bonds. The molecule has 190 valence electrons. The first kappa shape index (κ1) is 24.9. The number of fused-ring (bicyclic) bond motifs is 5. The third-order valence-electron chi connectivity index (χ3n) is 10.3. The van der Waals surface area contributed by atoms with Crippen molar-refractivity contribution in [3.63, 3.8) is 0 Å². The minimum Gasteiger partial charge on any atom is -0.462 e. The van der Waals surface area contributed by atoms with Crippen molar-refractivity contribution in [1.82, 2.24) is 0 Å². The van der Waals surface area contributed by atoms with Gasteiger partial charge in [-0.05, 0) is 79.6 Å². The summed E-state index contributed by atoms with van der Waals surface area (Å²) in [6.45, 7) is 8.00. The molecule has 5 heteroatoms. The van der Waals surface area contributed by atoms with E-state index in [4.69, 9.17) is 4.74 Å². The predicted octanol–water partition coefficient (Wildman–Crippen LogP) is 6.01. The van der Waals surface area contributed by atoms with Crippen molar-refractivity contribution >= 4 is 22.6 Å². The maximum atomic E-state index is 13.7. The van der Waals surface area contributed by atoms with Crippen molar-refractivity contribution < 1.29 is 18.5 Å². The standard InChI is InChI=1S/C30H40O4S/c1-19(31)28-27(35(33)18-21-8-6-5-7-9-21)17-26-24-11-10-22-16-23(34-20(2)32)12-14-29(22,3)25(24)13-15-30(26,28)4/h5-10,23-28H,11-18H2,1-4H3/t23-,24+,25-,26-,27+,28-,29-,30-,35?/m0/s1. The van der Waals surface area contributed by atoms with Gasteiger partial charge in [0.2, 0.25) is 0 Å². The summed E-state index contributed by atoms with van der Waals surface area (Å²) in [5.74, 6) is 2.01. The normalized spacial score (nSPS) is 41.1. The van der Waals surface area contributed by atoms with Gasteiger partial charge in [-0.25, -0.2) is 0 Å². The molecule has 4 aliphatic carbocycles. The number of Topliss-reactive ketones (excluding diaryl/α,β-unsaturated/α-hetero) is 1. The van der Waals surface area contributed by atoms with Gasteiger partial charge in [-0.2, -0.15) is 0 Å². The van der Waals surface area contributed by atoms with E-state index in [1.807, 2.05) is 30.3 Å². The summed E-state index contributed by atoms with van der Waals surface area (Å²) in [6.07, 6.45) is 9.40. The van der Waals surface area contributed by atoms with Crippen LogP contribution in [0.1, 0.15) is 78.2 Å². The first-order valence-corrected chi connectivity index (χ1v) is 14.8. The second-order valence-corrected chi connectivity index (χ2v) is 13.8. The smallest absolute Gasteiger partial charge is 0.302 e. The number of benzene rings is 1. The van der Waals surface area contributed by atoms with Crippen LogP contribution in [0.3, 0.4) is 0 Å². The van der Waals surface area contributed by atoms with E-state index in [1.165, 1.54) is 12.5 Å². The third kappa shape index (κ3) is 4.26. The van der Waals surface area contributed by atoms with Crippen LogP contribution in [-0.4, -0.2) is 27.3 Å². The average molecular weight is 497 g/mol. The highest BCUT2D eigenvalue weighted by molar-refractivity contribution is 7.84. The van der Waals surface area contributed by atoms with E-state index >= 15 is 0 Å². The van der Waals surface area contributed by atoms with Crippen LogP contribution in [0.25, 0.3) is 0 Å². The zero-order valence-corrected chi connectivity index (χ0v) is 22.4. The Kier molecular flexibility index (Phi) is 6.61. The van der Waals surface area contributed by atoms with E-state index < -0.39 is 10.8 Å². The monoisotopic (exact) mass is 496 g/mol. The van der Waals surface area contributed by atoms with Crippen LogP contribution in [0.4, 0.5) is 0 Å². The maximum Gasteiger partial charge on any atom is 0.302 e. The number of esters is 1. The van der Waals surface area contributed by atoms with Gasteiger partial charge in [0.05, 0.1) is 0 Å². The average Bonchev–Trinajstić information content (AvgIpc) is 3.13. The van der Waals surface area contributed by atoms with Gasteiger partial charge in [-0.3, -0.25) is 13.8 Å². The number of hydrogen-bond donors (Lipinski definition) is 0. The molecular weight excluding hydrogens is 456 g/mol. The Balaban J connectivity index is 1.41. The fourth-order valence-corrected chi connectivity index (χ4v) is 10.7. The quantitative estimate of drug-likeness (QED) is 0.370. The fourth-order valence-electron chi connectivity index (χ4n) is 8.78. The van der Waals surface area contributed by atoms with E-state index in [2.05, 4.69) is 19.9 Å². The lowest BCUT2D eigenvalue weighted by Crippen LogP contribution is -2.51. The van der Waals surface area contributed by atoms with Crippen LogP contribution in [0.2, 0.25) is 0 Å². The number of ketones is 1. The summed E-state index contributed by atoms with van der Waals surface area (Å²) >= 11 is 0. The van der Waals surface area contributed by atoms with E-state index in [-0.39, 0.29) is 39.9 Å². The molecule has 1 unspecified atom stereocenters. The van der Waals surface area contributed by atoms with Gasteiger partial charge in [0.15, 0.2) is 0 Å². The number of rotatable bonds is 5. The summed E-state index contributed by atoms with van der Waals surface area (Å²) in [5, 5.41) is -0.0562.